The molecule has 6 heteroatoms. The number of nitrogens with zero attached hydrogens (tertiary/aromatic N) is 1. The highest BCUT2D eigenvalue weighted by Crippen LogP contribution is 2.39. The molecule has 1 aromatic rings. The highest BCUT2D eigenvalue weighted by atomic mass is 35.5. The van der Waals surface area contributed by atoms with Gasteiger partial charge < -0.3 is 5.32 Å². The molecule has 0 amide bonds. The van der Waals surface area contributed by atoms with Crippen LogP contribution < -0.4 is 5.32 Å². The minimum atomic E-state index is -0.751. The highest BCUT2D eigenvalue weighted by molar-refractivity contribution is 5.85. The zero-order chi connectivity index (χ0) is 13.9. The molecule has 1 aromatic carbocycles. The minimum absolute atomic E-state index is 0. The number of benzene rings is 1. The minimum Gasteiger partial charge on any atom is -0.314 e. The average molecular weight is 353 g/mol. The van der Waals surface area contributed by atoms with Gasteiger partial charge in [-0.1, -0.05) is 18.9 Å². The summed E-state index contributed by atoms with van der Waals surface area (Å²) < 4.78 is 26.8. The van der Waals surface area contributed by atoms with Crippen molar-refractivity contribution < 1.29 is 8.78 Å². The molecular formula is C16H24Cl2F2N2. The first-order valence-electron chi connectivity index (χ1n) is 7.65. The van der Waals surface area contributed by atoms with Crippen LogP contribution in [0.1, 0.15) is 37.3 Å². The third-order valence-electron chi connectivity index (χ3n) is 4.68. The zero-order valence-electron chi connectivity index (χ0n) is 12.6. The van der Waals surface area contributed by atoms with Crippen molar-refractivity contribution >= 4 is 24.8 Å². The Kier molecular flexibility index (Phi) is 8.04. The van der Waals surface area contributed by atoms with Gasteiger partial charge >= 0.3 is 0 Å². The van der Waals surface area contributed by atoms with Crippen LogP contribution in [0.3, 0.4) is 0 Å². The Morgan fingerprint density at radius 2 is 1.64 bits per heavy atom. The lowest BCUT2D eigenvalue weighted by Crippen LogP contribution is -2.46. The molecule has 0 aromatic heterocycles. The van der Waals surface area contributed by atoms with Gasteiger partial charge in [-0.2, -0.15) is 0 Å². The van der Waals surface area contributed by atoms with Gasteiger partial charge in [-0.05, 0) is 36.5 Å². The van der Waals surface area contributed by atoms with Crippen LogP contribution in [-0.2, 0) is 0 Å². The van der Waals surface area contributed by atoms with E-state index in [1.165, 1.54) is 37.8 Å². The maximum atomic E-state index is 13.6. The Balaban J connectivity index is 0.00000121. The molecule has 0 unspecified atom stereocenters. The van der Waals surface area contributed by atoms with Gasteiger partial charge in [0.05, 0.1) is 0 Å². The molecule has 2 fully saturated rings. The third-order valence-corrected chi connectivity index (χ3v) is 4.68. The molecule has 3 rings (SSSR count). The van der Waals surface area contributed by atoms with Gasteiger partial charge in [0.1, 0.15) is 0 Å². The molecule has 2 aliphatic rings. The molecule has 22 heavy (non-hydrogen) atoms. The second-order valence-electron chi connectivity index (χ2n) is 5.95. The van der Waals surface area contributed by atoms with E-state index in [0.29, 0.717) is 5.92 Å². The Hall–Kier alpha value is -0.420. The summed E-state index contributed by atoms with van der Waals surface area (Å²) in [5.74, 6) is -0.891. The predicted molar refractivity (Wildman–Crippen MR) is 90.0 cm³/mol. The molecular weight excluding hydrogens is 329 g/mol. The van der Waals surface area contributed by atoms with E-state index >= 15 is 0 Å². The maximum Gasteiger partial charge on any atom is 0.159 e. The molecule has 126 valence electrons. The predicted octanol–water partition coefficient (Wildman–Crippen LogP) is 3.94. The van der Waals surface area contributed by atoms with Crippen molar-refractivity contribution in [2.24, 2.45) is 5.92 Å². The van der Waals surface area contributed by atoms with E-state index in [1.807, 2.05) is 0 Å². The van der Waals surface area contributed by atoms with Crippen molar-refractivity contribution in [3.63, 3.8) is 0 Å². The van der Waals surface area contributed by atoms with Crippen molar-refractivity contribution in [1.82, 2.24) is 10.2 Å². The second kappa shape index (κ2) is 9.02. The van der Waals surface area contributed by atoms with Crippen LogP contribution in [-0.4, -0.2) is 31.1 Å². The van der Waals surface area contributed by atoms with E-state index in [0.717, 1.165) is 31.7 Å². The van der Waals surface area contributed by atoms with Crippen LogP contribution >= 0.6 is 24.8 Å². The van der Waals surface area contributed by atoms with Crippen LogP contribution in [0, 0.1) is 17.6 Å². The van der Waals surface area contributed by atoms with Gasteiger partial charge in [0, 0.05) is 32.2 Å². The van der Waals surface area contributed by atoms with Crippen molar-refractivity contribution in [2.75, 3.05) is 26.2 Å². The normalized spacial score (nSPS) is 21.0. The van der Waals surface area contributed by atoms with Crippen molar-refractivity contribution in [3.8, 4) is 0 Å². The van der Waals surface area contributed by atoms with E-state index < -0.39 is 11.6 Å². The quantitative estimate of drug-likeness (QED) is 0.885. The van der Waals surface area contributed by atoms with Crippen LogP contribution in [0.15, 0.2) is 18.2 Å². The fourth-order valence-electron chi connectivity index (χ4n) is 3.71. The lowest BCUT2D eigenvalue weighted by Gasteiger charge is -2.38. The fourth-order valence-corrected chi connectivity index (χ4v) is 3.71. The first kappa shape index (κ1) is 19.6. The average Bonchev–Trinajstić information content (AvgIpc) is 2.98. The van der Waals surface area contributed by atoms with Crippen LogP contribution in [0.5, 0.6) is 0 Å². The summed E-state index contributed by atoms with van der Waals surface area (Å²) in [5, 5.41) is 3.36. The van der Waals surface area contributed by atoms with Gasteiger partial charge in [0.25, 0.3) is 0 Å². The lowest BCUT2D eigenvalue weighted by atomic mass is 9.89. The zero-order valence-corrected chi connectivity index (χ0v) is 14.2. The summed E-state index contributed by atoms with van der Waals surface area (Å²) in [4.78, 5) is 2.44. The number of piperazine rings is 1. The molecule has 0 spiro atoms. The van der Waals surface area contributed by atoms with E-state index in [9.17, 15) is 8.78 Å². The lowest BCUT2D eigenvalue weighted by molar-refractivity contribution is 0.125. The topological polar surface area (TPSA) is 15.3 Å². The number of hydrogen-bond donors (Lipinski definition) is 1. The molecule has 1 aliphatic carbocycles. The molecule has 1 N–H and O–H groups in total. The summed E-state index contributed by atoms with van der Waals surface area (Å²) in [6.07, 6.45) is 4.93. The highest BCUT2D eigenvalue weighted by Gasteiger charge is 2.32. The number of hydrogen-bond acceptors (Lipinski definition) is 2. The fraction of sp³-hybridized carbons (Fsp3) is 0.625. The molecule has 1 saturated carbocycles. The smallest absolute Gasteiger partial charge is 0.159 e. The maximum absolute atomic E-state index is 13.6. The van der Waals surface area contributed by atoms with Crippen LogP contribution in [0.4, 0.5) is 8.78 Å². The molecule has 1 heterocycles. The summed E-state index contributed by atoms with van der Waals surface area (Å²) >= 11 is 0. The van der Waals surface area contributed by atoms with E-state index in [-0.39, 0.29) is 30.9 Å². The SMILES string of the molecule is Cl.Cl.Fc1ccc([C@H](C2CCCC2)N2CCNCC2)cc1F. The first-order chi connectivity index (χ1) is 9.75. The Morgan fingerprint density at radius 1 is 1.00 bits per heavy atom. The molecule has 0 radical (unpaired) electrons. The standard InChI is InChI=1S/C16H22F2N2.2ClH/c17-14-6-5-13(11-15(14)18)16(12-3-1-2-4-12)20-9-7-19-8-10-20;;/h5-6,11-12,16,19H,1-4,7-10H2;2*1H/t16-;;/m0../s1. The van der Waals surface area contributed by atoms with Gasteiger partial charge in [-0.3, -0.25) is 4.90 Å². The van der Waals surface area contributed by atoms with E-state index in [1.54, 1.807) is 6.07 Å². The summed E-state index contributed by atoms with van der Waals surface area (Å²) in [6, 6.07) is 4.69. The summed E-state index contributed by atoms with van der Waals surface area (Å²) in [5.41, 5.74) is 0.942. The van der Waals surface area contributed by atoms with E-state index in [2.05, 4.69) is 10.2 Å². The van der Waals surface area contributed by atoms with Crippen molar-refractivity contribution in [1.29, 1.82) is 0 Å². The van der Waals surface area contributed by atoms with Gasteiger partial charge in [0.15, 0.2) is 11.6 Å². The second-order valence-corrected chi connectivity index (χ2v) is 5.95. The van der Waals surface area contributed by atoms with Crippen molar-refractivity contribution in [3.05, 3.63) is 35.4 Å². The monoisotopic (exact) mass is 352 g/mol. The van der Waals surface area contributed by atoms with Gasteiger partial charge in [0.2, 0.25) is 0 Å². The summed E-state index contributed by atoms with van der Waals surface area (Å²) in [6.45, 7) is 3.93. The van der Waals surface area contributed by atoms with Gasteiger partial charge in [-0.25, -0.2) is 8.78 Å². The molecule has 1 saturated heterocycles. The van der Waals surface area contributed by atoms with Crippen LogP contribution in [0.25, 0.3) is 0 Å². The summed E-state index contributed by atoms with van der Waals surface area (Å²) in [7, 11) is 0. The largest absolute Gasteiger partial charge is 0.314 e. The first-order valence-corrected chi connectivity index (χ1v) is 7.65. The molecule has 0 bridgehead atoms. The number of halogens is 4. The number of nitrogens with one attached hydrogen (secondary N) is 1. The van der Waals surface area contributed by atoms with Gasteiger partial charge in [-0.15, -0.1) is 24.8 Å². The Bertz CT molecular complexity index is 461. The molecule has 1 atom stereocenters. The molecule has 2 nitrogen and oxygen atoms in total. The van der Waals surface area contributed by atoms with Crippen molar-refractivity contribution in [2.45, 2.75) is 31.7 Å². The van der Waals surface area contributed by atoms with Crippen LogP contribution in [0.2, 0.25) is 0 Å². The van der Waals surface area contributed by atoms with E-state index in [4.69, 9.17) is 0 Å². The Labute approximate surface area is 143 Å². The third kappa shape index (κ3) is 4.31. The Morgan fingerprint density at radius 3 is 2.23 bits per heavy atom. The molecule has 1 aliphatic heterocycles. The number of rotatable bonds is 3.